The summed E-state index contributed by atoms with van der Waals surface area (Å²) >= 11 is 3.38. The minimum absolute atomic E-state index is 0.331. The van der Waals surface area contributed by atoms with Crippen molar-refractivity contribution in [3.63, 3.8) is 0 Å². The Morgan fingerprint density at radius 2 is 2.11 bits per heavy atom. The van der Waals surface area contributed by atoms with Gasteiger partial charge in [-0.25, -0.2) is 0 Å². The van der Waals surface area contributed by atoms with Crippen LogP contribution in [0.5, 0.6) is 0 Å². The predicted molar refractivity (Wildman–Crippen MR) is 74.8 cm³/mol. The van der Waals surface area contributed by atoms with Gasteiger partial charge in [-0.15, -0.1) is 0 Å². The molecule has 0 radical (unpaired) electrons. The first-order chi connectivity index (χ1) is 8.58. The molecule has 1 aromatic heterocycles. The zero-order valence-electron chi connectivity index (χ0n) is 10.2. The molecule has 0 bridgehead atoms. The highest BCUT2D eigenvalue weighted by Crippen LogP contribution is 2.23. The van der Waals surface area contributed by atoms with Gasteiger partial charge in [0.15, 0.2) is 0 Å². The minimum Gasteiger partial charge on any atom is -0.353 e. The first-order valence-corrected chi connectivity index (χ1v) is 6.39. The van der Waals surface area contributed by atoms with E-state index in [2.05, 4.69) is 46.3 Å². The van der Waals surface area contributed by atoms with E-state index < -0.39 is 0 Å². The lowest BCUT2D eigenvalue weighted by Gasteiger charge is -2.05. The molecule has 2 rings (SSSR count). The van der Waals surface area contributed by atoms with E-state index in [1.165, 1.54) is 0 Å². The van der Waals surface area contributed by atoms with Gasteiger partial charge < -0.3 is 5.32 Å². The Kier molecular flexibility index (Phi) is 3.68. The first kappa shape index (κ1) is 12.7. The maximum atomic E-state index is 8.91. The topological polar surface area (TPSA) is 53.6 Å². The Labute approximate surface area is 114 Å². The van der Waals surface area contributed by atoms with Gasteiger partial charge in [-0.05, 0) is 32.0 Å². The second kappa shape index (κ2) is 5.23. The van der Waals surface area contributed by atoms with Crippen molar-refractivity contribution in [2.45, 2.75) is 19.9 Å². The van der Waals surface area contributed by atoms with Crippen LogP contribution in [0.1, 0.15) is 25.5 Å². The number of halogens is 1. The predicted octanol–water partition coefficient (Wildman–Crippen LogP) is 3.84. The molecule has 0 aliphatic rings. The van der Waals surface area contributed by atoms with Crippen LogP contribution < -0.4 is 5.32 Å². The summed E-state index contributed by atoms with van der Waals surface area (Å²) in [4.78, 5) is 0. The second-order valence-corrected chi connectivity index (χ2v) is 5.18. The molecule has 0 fully saturated rings. The summed E-state index contributed by atoms with van der Waals surface area (Å²) in [5.74, 6) is 0. The van der Waals surface area contributed by atoms with Gasteiger partial charge in [-0.2, -0.15) is 10.4 Å². The van der Waals surface area contributed by atoms with Crippen molar-refractivity contribution in [3.05, 3.63) is 40.6 Å². The maximum Gasteiger partial charge on any atom is 0.0992 e. The van der Waals surface area contributed by atoms with Crippen LogP contribution in [0, 0.1) is 11.3 Å². The summed E-state index contributed by atoms with van der Waals surface area (Å²) in [5.41, 5.74) is 2.39. The summed E-state index contributed by atoms with van der Waals surface area (Å²) in [6, 6.07) is 7.97. The number of hydrogen-bond donors (Lipinski definition) is 1. The highest BCUT2D eigenvalue weighted by atomic mass is 79.9. The molecule has 0 atom stereocenters. The third-order valence-electron chi connectivity index (χ3n) is 2.45. The number of nitriles is 1. The SMILES string of the molecule is CC(C)n1cc(Nc2cc(Br)cc(C#N)c2)cn1. The van der Waals surface area contributed by atoms with Gasteiger partial charge in [0.1, 0.15) is 0 Å². The van der Waals surface area contributed by atoms with E-state index in [4.69, 9.17) is 5.26 Å². The number of hydrogen-bond acceptors (Lipinski definition) is 3. The highest BCUT2D eigenvalue weighted by Gasteiger charge is 2.03. The van der Waals surface area contributed by atoms with Gasteiger partial charge in [0.05, 0.1) is 23.5 Å². The number of aromatic nitrogens is 2. The smallest absolute Gasteiger partial charge is 0.0992 e. The Balaban J connectivity index is 2.23. The van der Waals surface area contributed by atoms with Crippen LogP contribution in [0.15, 0.2) is 35.1 Å². The summed E-state index contributed by atoms with van der Waals surface area (Å²) in [7, 11) is 0. The Morgan fingerprint density at radius 3 is 2.72 bits per heavy atom. The Bertz CT molecular complexity index is 595. The molecule has 0 spiro atoms. The minimum atomic E-state index is 0.331. The average molecular weight is 305 g/mol. The molecule has 0 saturated carbocycles. The lowest BCUT2D eigenvalue weighted by molar-refractivity contribution is 0.532. The van der Waals surface area contributed by atoms with E-state index >= 15 is 0 Å². The van der Waals surface area contributed by atoms with Gasteiger partial charge in [-0.1, -0.05) is 15.9 Å². The van der Waals surface area contributed by atoms with E-state index in [0.29, 0.717) is 11.6 Å². The fourth-order valence-corrected chi connectivity index (χ4v) is 2.07. The number of benzene rings is 1. The van der Waals surface area contributed by atoms with Crippen molar-refractivity contribution < 1.29 is 0 Å². The monoisotopic (exact) mass is 304 g/mol. The molecule has 0 saturated heterocycles. The van der Waals surface area contributed by atoms with Crippen LogP contribution >= 0.6 is 15.9 Å². The lowest BCUT2D eigenvalue weighted by Crippen LogP contribution is -1.99. The molecule has 1 aromatic carbocycles. The molecule has 18 heavy (non-hydrogen) atoms. The number of anilines is 2. The van der Waals surface area contributed by atoms with Crippen molar-refractivity contribution in [3.8, 4) is 6.07 Å². The van der Waals surface area contributed by atoms with Crippen LogP contribution in [0.2, 0.25) is 0 Å². The molecule has 92 valence electrons. The third-order valence-corrected chi connectivity index (χ3v) is 2.90. The molecule has 1 N–H and O–H groups in total. The summed E-state index contributed by atoms with van der Waals surface area (Å²) in [6.07, 6.45) is 3.71. The molecule has 5 heteroatoms. The normalized spacial score (nSPS) is 10.4. The molecular formula is C13H13BrN4. The van der Waals surface area contributed by atoms with Crippen molar-refractivity contribution in [1.82, 2.24) is 9.78 Å². The summed E-state index contributed by atoms with van der Waals surface area (Å²) in [5, 5.41) is 16.4. The molecule has 0 unspecified atom stereocenters. The molecule has 1 heterocycles. The fourth-order valence-electron chi connectivity index (χ4n) is 1.58. The van der Waals surface area contributed by atoms with Gasteiger partial charge in [0, 0.05) is 22.4 Å². The lowest BCUT2D eigenvalue weighted by atomic mass is 10.2. The van der Waals surface area contributed by atoms with Crippen molar-refractivity contribution in [2.75, 3.05) is 5.32 Å². The third kappa shape index (κ3) is 2.90. The van der Waals surface area contributed by atoms with Crippen LogP contribution in [0.25, 0.3) is 0 Å². The number of nitrogens with one attached hydrogen (secondary N) is 1. The zero-order chi connectivity index (χ0) is 13.1. The molecular weight excluding hydrogens is 292 g/mol. The fraction of sp³-hybridized carbons (Fsp3) is 0.231. The number of nitrogens with zero attached hydrogens (tertiary/aromatic N) is 3. The van der Waals surface area contributed by atoms with Crippen LogP contribution in [-0.4, -0.2) is 9.78 Å². The van der Waals surface area contributed by atoms with Crippen LogP contribution in [0.4, 0.5) is 11.4 Å². The maximum absolute atomic E-state index is 8.91. The Hall–Kier alpha value is -1.80. The summed E-state index contributed by atoms with van der Waals surface area (Å²) in [6.45, 7) is 4.15. The van der Waals surface area contributed by atoms with E-state index in [0.717, 1.165) is 15.8 Å². The second-order valence-electron chi connectivity index (χ2n) is 4.27. The van der Waals surface area contributed by atoms with Gasteiger partial charge in [0.25, 0.3) is 0 Å². The van der Waals surface area contributed by atoms with Gasteiger partial charge in [0.2, 0.25) is 0 Å². The standard InChI is InChI=1S/C13H13BrN4/c1-9(2)18-8-13(7-16-18)17-12-4-10(6-15)3-11(14)5-12/h3-5,7-9,17H,1-2H3. The van der Waals surface area contributed by atoms with E-state index in [-0.39, 0.29) is 0 Å². The van der Waals surface area contributed by atoms with E-state index in [1.807, 2.05) is 16.9 Å². The van der Waals surface area contributed by atoms with E-state index in [9.17, 15) is 0 Å². The van der Waals surface area contributed by atoms with Crippen LogP contribution in [-0.2, 0) is 0 Å². The van der Waals surface area contributed by atoms with Crippen LogP contribution in [0.3, 0.4) is 0 Å². The van der Waals surface area contributed by atoms with E-state index in [1.54, 1.807) is 18.3 Å². The Morgan fingerprint density at radius 1 is 1.33 bits per heavy atom. The summed E-state index contributed by atoms with van der Waals surface area (Å²) < 4.78 is 2.76. The van der Waals surface area contributed by atoms with Crippen molar-refractivity contribution >= 4 is 27.3 Å². The van der Waals surface area contributed by atoms with Gasteiger partial charge >= 0.3 is 0 Å². The highest BCUT2D eigenvalue weighted by molar-refractivity contribution is 9.10. The largest absolute Gasteiger partial charge is 0.353 e. The zero-order valence-corrected chi connectivity index (χ0v) is 11.8. The molecule has 4 nitrogen and oxygen atoms in total. The average Bonchev–Trinajstić information content (AvgIpc) is 2.76. The molecule has 2 aromatic rings. The quantitative estimate of drug-likeness (QED) is 0.937. The first-order valence-electron chi connectivity index (χ1n) is 5.60. The number of rotatable bonds is 3. The van der Waals surface area contributed by atoms with Gasteiger partial charge in [-0.3, -0.25) is 4.68 Å². The molecule has 0 aliphatic heterocycles. The van der Waals surface area contributed by atoms with Crippen molar-refractivity contribution in [2.24, 2.45) is 0 Å². The molecule has 0 aliphatic carbocycles. The van der Waals surface area contributed by atoms with Crippen molar-refractivity contribution in [1.29, 1.82) is 5.26 Å². The molecule has 0 amide bonds.